The average molecular weight is 384 g/mol. The highest BCUT2D eigenvalue weighted by atomic mass is 32.1. The molecule has 1 N–H and O–H groups in total. The lowest BCUT2D eigenvalue weighted by Crippen LogP contribution is -2.33. The van der Waals surface area contributed by atoms with Crippen LogP contribution in [0.1, 0.15) is 25.9 Å². The highest BCUT2D eigenvalue weighted by Crippen LogP contribution is 2.33. The summed E-state index contributed by atoms with van der Waals surface area (Å²) >= 11 is 1.40. The lowest BCUT2D eigenvalue weighted by molar-refractivity contribution is 0.0948. The van der Waals surface area contributed by atoms with Crippen LogP contribution in [0.5, 0.6) is 11.5 Å². The van der Waals surface area contributed by atoms with E-state index in [9.17, 15) is 9.59 Å². The zero-order chi connectivity index (χ0) is 19.0. The number of fused-ring (bicyclic) bond motifs is 1. The van der Waals surface area contributed by atoms with Crippen LogP contribution in [0.25, 0.3) is 5.69 Å². The number of carbonyl (C=O) groups is 1. The van der Waals surface area contributed by atoms with Crippen molar-refractivity contribution in [3.63, 3.8) is 0 Å². The second-order valence-corrected chi connectivity index (χ2v) is 7.25. The Kier molecular flexibility index (Phi) is 4.36. The van der Waals surface area contributed by atoms with Gasteiger partial charge in [0.05, 0.1) is 12.2 Å². The summed E-state index contributed by atoms with van der Waals surface area (Å²) in [7, 11) is 0. The van der Waals surface area contributed by atoms with Crippen molar-refractivity contribution in [1.29, 1.82) is 0 Å². The number of hydrogen-bond donors (Lipinski definition) is 1. The molecule has 138 valence electrons. The Labute approximate surface area is 158 Å². The van der Waals surface area contributed by atoms with E-state index in [0.717, 1.165) is 5.01 Å². The largest absolute Gasteiger partial charge is 0.454 e. The maximum absolute atomic E-state index is 13.0. The van der Waals surface area contributed by atoms with Crippen molar-refractivity contribution in [3.05, 3.63) is 62.0 Å². The third-order valence-corrected chi connectivity index (χ3v) is 4.97. The van der Waals surface area contributed by atoms with Crippen molar-refractivity contribution < 1.29 is 14.3 Å². The van der Waals surface area contributed by atoms with Crippen molar-refractivity contribution >= 4 is 17.2 Å². The van der Waals surface area contributed by atoms with Gasteiger partial charge in [-0.05, 0) is 37.6 Å². The molecule has 1 aromatic carbocycles. The Hall–Kier alpha value is -3.20. The summed E-state index contributed by atoms with van der Waals surface area (Å²) in [4.78, 5) is 25.6. The SMILES string of the molecule is Cc1nnc(CNC(=O)c2c(C)ccn(-c3ccc4c(c3)OCO4)c2=O)s1. The Morgan fingerprint density at radius 1 is 1.22 bits per heavy atom. The van der Waals surface area contributed by atoms with Crippen molar-refractivity contribution in [1.82, 2.24) is 20.1 Å². The zero-order valence-corrected chi connectivity index (χ0v) is 15.5. The van der Waals surface area contributed by atoms with Gasteiger partial charge in [-0.3, -0.25) is 14.2 Å². The van der Waals surface area contributed by atoms with Gasteiger partial charge >= 0.3 is 0 Å². The summed E-state index contributed by atoms with van der Waals surface area (Å²) in [5.74, 6) is 0.752. The summed E-state index contributed by atoms with van der Waals surface area (Å²) in [5.41, 5.74) is 0.886. The third-order valence-electron chi connectivity index (χ3n) is 4.13. The second-order valence-electron chi connectivity index (χ2n) is 5.98. The topological polar surface area (TPSA) is 95.3 Å². The van der Waals surface area contributed by atoms with Gasteiger partial charge in [-0.2, -0.15) is 0 Å². The lowest BCUT2D eigenvalue weighted by atomic mass is 10.1. The first kappa shape index (κ1) is 17.2. The molecule has 0 aliphatic carbocycles. The molecular weight excluding hydrogens is 368 g/mol. The minimum Gasteiger partial charge on any atom is -0.454 e. The number of aryl methyl sites for hydroxylation is 2. The van der Waals surface area contributed by atoms with E-state index in [1.165, 1.54) is 15.9 Å². The lowest BCUT2D eigenvalue weighted by Gasteiger charge is -2.11. The monoisotopic (exact) mass is 384 g/mol. The second kappa shape index (κ2) is 6.84. The molecule has 9 heteroatoms. The van der Waals surface area contributed by atoms with Gasteiger partial charge in [0.15, 0.2) is 11.5 Å². The smallest absolute Gasteiger partial charge is 0.268 e. The molecule has 0 spiro atoms. The molecule has 4 rings (SSSR count). The molecule has 0 radical (unpaired) electrons. The minimum atomic E-state index is -0.444. The van der Waals surface area contributed by atoms with Gasteiger partial charge in [0.2, 0.25) is 6.79 Å². The number of hydrogen-bond acceptors (Lipinski definition) is 7. The highest BCUT2D eigenvalue weighted by Gasteiger charge is 2.19. The van der Waals surface area contributed by atoms with E-state index in [1.54, 1.807) is 37.4 Å². The fraction of sp³-hybridized carbons (Fsp3) is 0.222. The molecule has 3 heterocycles. The van der Waals surface area contributed by atoms with Crippen molar-refractivity contribution in [2.45, 2.75) is 20.4 Å². The van der Waals surface area contributed by atoms with Crippen LogP contribution in [-0.2, 0) is 6.54 Å². The molecule has 0 unspecified atom stereocenters. The summed E-state index contributed by atoms with van der Waals surface area (Å²) in [6.45, 7) is 3.95. The Balaban J connectivity index is 1.64. The standard InChI is InChI=1S/C18H16N4O4S/c1-10-5-6-22(12-3-4-13-14(7-12)26-9-25-13)18(24)16(10)17(23)19-8-15-21-20-11(2)27-15/h3-7H,8-9H2,1-2H3,(H,19,23). The molecule has 0 saturated heterocycles. The molecule has 8 nitrogen and oxygen atoms in total. The van der Waals surface area contributed by atoms with Crippen LogP contribution in [-0.4, -0.2) is 27.5 Å². The van der Waals surface area contributed by atoms with Gasteiger partial charge in [-0.1, -0.05) is 11.3 Å². The molecule has 1 amide bonds. The van der Waals surface area contributed by atoms with Crippen LogP contribution in [0.15, 0.2) is 35.3 Å². The first-order valence-electron chi connectivity index (χ1n) is 8.22. The van der Waals surface area contributed by atoms with Crippen LogP contribution >= 0.6 is 11.3 Å². The molecule has 0 fully saturated rings. The van der Waals surface area contributed by atoms with Crippen molar-refractivity contribution in [2.24, 2.45) is 0 Å². The fourth-order valence-electron chi connectivity index (χ4n) is 2.79. The molecular formula is C18H16N4O4S. The first-order valence-corrected chi connectivity index (χ1v) is 9.04. The Bertz CT molecular complexity index is 1090. The van der Waals surface area contributed by atoms with E-state index in [0.29, 0.717) is 27.8 Å². The van der Waals surface area contributed by atoms with E-state index in [4.69, 9.17) is 9.47 Å². The predicted octanol–water partition coefficient (Wildman–Crippen LogP) is 1.96. The van der Waals surface area contributed by atoms with E-state index in [-0.39, 0.29) is 18.9 Å². The molecule has 2 aromatic heterocycles. The van der Waals surface area contributed by atoms with Gasteiger partial charge in [-0.25, -0.2) is 0 Å². The van der Waals surface area contributed by atoms with Gasteiger partial charge in [0, 0.05) is 12.3 Å². The van der Waals surface area contributed by atoms with Crippen LogP contribution in [0.3, 0.4) is 0 Å². The van der Waals surface area contributed by atoms with Crippen molar-refractivity contribution in [3.8, 4) is 17.2 Å². The number of nitrogens with zero attached hydrogens (tertiary/aromatic N) is 3. The predicted molar refractivity (Wildman–Crippen MR) is 98.7 cm³/mol. The number of ether oxygens (including phenoxy) is 2. The number of benzene rings is 1. The molecule has 1 aliphatic rings. The van der Waals surface area contributed by atoms with Crippen LogP contribution < -0.4 is 20.3 Å². The zero-order valence-electron chi connectivity index (χ0n) is 14.7. The highest BCUT2D eigenvalue weighted by molar-refractivity contribution is 7.11. The molecule has 0 bridgehead atoms. The van der Waals surface area contributed by atoms with Crippen molar-refractivity contribution in [2.75, 3.05) is 6.79 Å². The molecule has 0 atom stereocenters. The van der Waals surface area contributed by atoms with Crippen LogP contribution in [0, 0.1) is 13.8 Å². The summed E-state index contributed by atoms with van der Waals surface area (Å²) in [6.07, 6.45) is 1.64. The number of carbonyl (C=O) groups excluding carboxylic acids is 1. The Morgan fingerprint density at radius 3 is 2.81 bits per heavy atom. The number of nitrogens with one attached hydrogen (secondary N) is 1. The van der Waals surface area contributed by atoms with Gasteiger partial charge < -0.3 is 14.8 Å². The summed E-state index contributed by atoms with van der Waals surface area (Å²) in [5, 5.41) is 12.1. The van der Waals surface area contributed by atoms with Crippen LogP contribution in [0.4, 0.5) is 0 Å². The normalized spacial score (nSPS) is 12.2. The fourth-order valence-corrected chi connectivity index (χ4v) is 3.44. The first-order chi connectivity index (χ1) is 13.0. The number of pyridine rings is 1. The van der Waals surface area contributed by atoms with E-state index in [2.05, 4.69) is 15.5 Å². The molecule has 3 aromatic rings. The van der Waals surface area contributed by atoms with Gasteiger partial charge in [-0.15, -0.1) is 10.2 Å². The van der Waals surface area contributed by atoms with E-state index >= 15 is 0 Å². The quantitative estimate of drug-likeness (QED) is 0.739. The molecule has 27 heavy (non-hydrogen) atoms. The number of rotatable bonds is 4. The maximum Gasteiger partial charge on any atom is 0.268 e. The van der Waals surface area contributed by atoms with E-state index in [1.807, 2.05) is 6.92 Å². The third kappa shape index (κ3) is 3.28. The van der Waals surface area contributed by atoms with Gasteiger partial charge in [0.1, 0.15) is 15.6 Å². The van der Waals surface area contributed by atoms with Gasteiger partial charge in [0.25, 0.3) is 11.5 Å². The summed E-state index contributed by atoms with van der Waals surface area (Å²) in [6, 6.07) is 6.93. The maximum atomic E-state index is 13.0. The molecule has 1 aliphatic heterocycles. The Morgan fingerprint density at radius 2 is 2.04 bits per heavy atom. The minimum absolute atomic E-state index is 0.0939. The summed E-state index contributed by atoms with van der Waals surface area (Å²) < 4.78 is 12.1. The average Bonchev–Trinajstić information content (AvgIpc) is 3.28. The number of aromatic nitrogens is 3. The van der Waals surface area contributed by atoms with E-state index < -0.39 is 11.5 Å². The van der Waals surface area contributed by atoms with Crippen LogP contribution in [0.2, 0.25) is 0 Å². The molecule has 0 saturated carbocycles. The number of amides is 1.